The standard InChI is InChI=1S/C23H29N5/c1-4-5-6-17-7-11-19(12-8-17)27-22-21(24)23(26-15-25-22)28-20-13-9-18(10-14-20)16(2)3/h7-16H,4-6,24H2,1-3H3,(H2,25,26,27,28). The molecule has 4 N–H and O–H groups in total. The third-order valence-corrected chi connectivity index (χ3v) is 4.76. The van der Waals surface area contributed by atoms with E-state index in [-0.39, 0.29) is 0 Å². The molecule has 1 aromatic heterocycles. The van der Waals surface area contributed by atoms with E-state index in [0.717, 1.165) is 17.8 Å². The molecule has 1 heterocycles. The number of hydrogen-bond donors (Lipinski definition) is 3. The van der Waals surface area contributed by atoms with Crippen molar-refractivity contribution >= 4 is 28.7 Å². The molecule has 0 spiro atoms. The molecule has 0 aliphatic rings. The third-order valence-electron chi connectivity index (χ3n) is 4.76. The van der Waals surface area contributed by atoms with Crippen LogP contribution in [0, 0.1) is 0 Å². The Balaban J connectivity index is 1.72. The number of unbranched alkanes of at least 4 members (excludes halogenated alkanes) is 1. The molecule has 0 saturated carbocycles. The average molecular weight is 376 g/mol. The van der Waals surface area contributed by atoms with E-state index in [1.165, 1.54) is 30.3 Å². The Labute approximate surface area is 167 Å². The smallest absolute Gasteiger partial charge is 0.159 e. The van der Waals surface area contributed by atoms with Gasteiger partial charge in [0.15, 0.2) is 11.6 Å². The molecular weight excluding hydrogens is 346 g/mol. The molecule has 0 unspecified atom stereocenters. The molecule has 0 aliphatic heterocycles. The summed E-state index contributed by atoms with van der Waals surface area (Å²) in [5.41, 5.74) is 11.3. The summed E-state index contributed by atoms with van der Waals surface area (Å²) in [6, 6.07) is 16.7. The Morgan fingerprint density at radius 1 is 0.857 bits per heavy atom. The van der Waals surface area contributed by atoms with Gasteiger partial charge in [-0.3, -0.25) is 0 Å². The highest BCUT2D eigenvalue weighted by molar-refractivity contribution is 5.80. The van der Waals surface area contributed by atoms with Crippen molar-refractivity contribution in [1.29, 1.82) is 0 Å². The Kier molecular flexibility index (Phi) is 6.48. The van der Waals surface area contributed by atoms with Gasteiger partial charge in [0.25, 0.3) is 0 Å². The highest BCUT2D eigenvalue weighted by Gasteiger charge is 2.09. The molecule has 0 fully saturated rings. The molecule has 5 nitrogen and oxygen atoms in total. The summed E-state index contributed by atoms with van der Waals surface area (Å²) in [6.07, 6.45) is 5.03. The van der Waals surface area contributed by atoms with Crippen LogP contribution >= 0.6 is 0 Å². The van der Waals surface area contributed by atoms with Crippen molar-refractivity contribution in [2.24, 2.45) is 0 Å². The predicted molar refractivity (Wildman–Crippen MR) is 119 cm³/mol. The SMILES string of the molecule is CCCCc1ccc(Nc2ncnc(Nc3ccc(C(C)C)cc3)c2N)cc1. The Morgan fingerprint density at radius 3 is 1.89 bits per heavy atom. The average Bonchev–Trinajstić information content (AvgIpc) is 2.71. The van der Waals surface area contributed by atoms with E-state index < -0.39 is 0 Å². The van der Waals surface area contributed by atoms with E-state index in [0.29, 0.717) is 23.2 Å². The molecule has 0 atom stereocenters. The lowest BCUT2D eigenvalue weighted by Gasteiger charge is -2.13. The summed E-state index contributed by atoms with van der Waals surface area (Å²) in [6.45, 7) is 6.57. The lowest BCUT2D eigenvalue weighted by Crippen LogP contribution is -2.05. The van der Waals surface area contributed by atoms with Gasteiger partial charge in [0.2, 0.25) is 0 Å². The van der Waals surface area contributed by atoms with Crippen LogP contribution in [0.25, 0.3) is 0 Å². The largest absolute Gasteiger partial charge is 0.393 e. The number of rotatable bonds is 8. The van der Waals surface area contributed by atoms with Crippen LogP contribution in [0.1, 0.15) is 50.7 Å². The van der Waals surface area contributed by atoms with Gasteiger partial charge in [-0.25, -0.2) is 9.97 Å². The second kappa shape index (κ2) is 9.22. The van der Waals surface area contributed by atoms with Crippen LogP contribution in [0.5, 0.6) is 0 Å². The van der Waals surface area contributed by atoms with E-state index in [9.17, 15) is 0 Å². The van der Waals surface area contributed by atoms with E-state index in [2.05, 4.69) is 77.8 Å². The number of nitrogen functional groups attached to an aromatic ring is 1. The van der Waals surface area contributed by atoms with Crippen molar-refractivity contribution < 1.29 is 0 Å². The lowest BCUT2D eigenvalue weighted by molar-refractivity contribution is 0.795. The number of hydrogen-bond acceptors (Lipinski definition) is 5. The zero-order valence-electron chi connectivity index (χ0n) is 16.9. The topological polar surface area (TPSA) is 75.9 Å². The maximum absolute atomic E-state index is 6.30. The van der Waals surface area contributed by atoms with Crippen molar-refractivity contribution in [2.75, 3.05) is 16.4 Å². The zero-order chi connectivity index (χ0) is 19.9. The molecule has 146 valence electrons. The normalized spacial score (nSPS) is 10.9. The fourth-order valence-corrected chi connectivity index (χ4v) is 2.96. The number of benzene rings is 2. The molecule has 0 aliphatic carbocycles. The maximum atomic E-state index is 6.30. The van der Waals surface area contributed by atoms with Crippen molar-refractivity contribution in [3.8, 4) is 0 Å². The van der Waals surface area contributed by atoms with E-state index in [1.807, 2.05) is 12.1 Å². The lowest BCUT2D eigenvalue weighted by atomic mass is 10.0. The summed E-state index contributed by atoms with van der Waals surface area (Å²) in [4.78, 5) is 8.59. The van der Waals surface area contributed by atoms with Crippen molar-refractivity contribution in [1.82, 2.24) is 9.97 Å². The molecule has 2 aromatic carbocycles. The number of nitrogens with two attached hydrogens (primary N) is 1. The molecule has 0 radical (unpaired) electrons. The van der Waals surface area contributed by atoms with Gasteiger partial charge in [0, 0.05) is 11.4 Å². The Bertz CT molecular complexity index is 886. The molecule has 3 aromatic rings. The van der Waals surface area contributed by atoms with E-state index in [4.69, 9.17) is 5.73 Å². The van der Waals surface area contributed by atoms with Crippen LogP contribution in [-0.2, 0) is 6.42 Å². The number of nitrogens with zero attached hydrogens (tertiary/aromatic N) is 2. The van der Waals surface area contributed by atoms with Crippen LogP contribution < -0.4 is 16.4 Å². The van der Waals surface area contributed by atoms with Gasteiger partial charge in [-0.2, -0.15) is 0 Å². The van der Waals surface area contributed by atoms with Gasteiger partial charge < -0.3 is 16.4 Å². The van der Waals surface area contributed by atoms with E-state index >= 15 is 0 Å². The molecule has 0 amide bonds. The number of anilines is 5. The fourth-order valence-electron chi connectivity index (χ4n) is 2.96. The highest BCUT2D eigenvalue weighted by atomic mass is 15.1. The summed E-state index contributed by atoms with van der Waals surface area (Å²) in [5, 5.41) is 6.57. The number of aromatic nitrogens is 2. The zero-order valence-corrected chi connectivity index (χ0v) is 16.9. The minimum Gasteiger partial charge on any atom is -0.393 e. The van der Waals surface area contributed by atoms with Crippen molar-refractivity contribution in [2.45, 2.75) is 46.0 Å². The van der Waals surface area contributed by atoms with Gasteiger partial charge >= 0.3 is 0 Å². The van der Waals surface area contributed by atoms with Crippen molar-refractivity contribution in [3.05, 3.63) is 66.0 Å². The Hall–Kier alpha value is -3.08. The van der Waals surface area contributed by atoms with Crippen LogP contribution in [0.15, 0.2) is 54.9 Å². The van der Waals surface area contributed by atoms with Gasteiger partial charge in [0.1, 0.15) is 12.0 Å². The summed E-state index contributed by atoms with van der Waals surface area (Å²) in [7, 11) is 0. The predicted octanol–water partition coefficient (Wildman–Crippen LogP) is 6.01. The molecule has 0 bridgehead atoms. The van der Waals surface area contributed by atoms with Crippen LogP contribution in [0.3, 0.4) is 0 Å². The summed E-state index contributed by atoms with van der Waals surface area (Å²) >= 11 is 0. The van der Waals surface area contributed by atoms with E-state index in [1.54, 1.807) is 0 Å². The molecule has 3 rings (SSSR count). The second-order valence-electron chi connectivity index (χ2n) is 7.31. The van der Waals surface area contributed by atoms with Crippen LogP contribution in [-0.4, -0.2) is 9.97 Å². The minimum atomic E-state index is 0.491. The van der Waals surface area contributed by atoms with Crippen LogP contribution in [0.2, 0.25) is 0 Å². The van der Waals surface area contributed by atoms with Gasteiger partial charge in [-0.15, -0.1) is 0 Å². The first kappa shape index (κ1) is 19.7. The van der Waals surface area contributed by atoms with Crippen LogP contribution in [0.4, 0.5) is 28.7 Å². The summed E-state index contributed by atoms with van der Waals surface area (Å²) < 4.78 is 0. The first-order valence-corrected chi connectivity index (χ1v) is 9.90. The van der Waals surface area contributed by atoms with Crippen molar-refractivity contribution in [3.63, 3.8) is 0 Å². The van der Waals surface area contributed by atoms with Gasteiger partial charge in [0.05, 0.1) is 0 Å². The third kappa shape index (κ3) is 5.00. The molecule has 28 heavy (non-hydrogen) atoms. The molecule has 5 heteroatoms. The fraction of sp³-hybridized carbons (Fsp3) is 0.304. The van der Waals surface area contributed by atoms with Gasteiger partial charge in [-0.05, 0) is 54.2 Å². The maximum Gasteiger partial charge on any atom is 0.159 e. The summed E-state index contributed by atoms with van der Waals surface area (Å²) in [5.74, 6) is 1.69. The second-order valence-corrected chi connectivity index (χ2v) is 7.31. The first-order valence-electron chi connectivity index (χ1n) is 9.90. The monoisotopic (exact) mass is 375 g/mol. The number of aryl methyl sites for hydroxylation is 1. The minimum absolute atomic E-state index is 0.491. The molecule has 0 saturated heterocycles. The first-order chi connectivity index (χ1) is 13.6. The number of nitrogens with one attached hydrogen (secondary N) is 2. The molecular formula is C23H29N5. The Morgan fingerprint density at radius 2 is 1.39 bits per heavy atom. The quantitative estimate of drug-likeness (QED) is 0.449. The van der Waals surface area contributed by atoms with Gasteiger partial charge in [-0.1, -0.05) is 51.5 Å². The highest BCUT2D eigenvalue weighted by Crippen LogP contribution is 2.28.